The predicted octanol–water partition coefficient (Wildman–Crippen LogP) is 3.74. The third kappa shape index (κ3) is 3.86. The van der Waals surface area contributed by atoms with Crippen LogP contribution in [0.25, 0.3) is 0 Å². The molecule has 0 amide bonds. The van der Waals surface area contributed by atoms with E-state index in [0.29, 0.717) is 17.6 Å². The molecule has 0 aliphatic carbocycles. The quantitative estimate of drug-likeness (QED) is 0.634. The number of alkyl halides is 1. The maximum absolute atomic E-state index is 6.20. The van der Waals surface area contributed by atoms with E-state index in [0.717, 1.165) is 12.8 Å². The van der Waals surface area contributed by atoms with E-state index in [4.69, 9.17) is 16.3 Å². The Morgan fingerprint density at radius 2 is 1.54 bits per heavy atom. The average molecular weight is 205 g/mol. The van der Waals surface area contributed by atoms with Crippen LogP contribution in [0.5, 0.6) is 0 Å². The Morgan fingerprint density at radius 1 is 1.08 bits per heavy atom. The minimum absolute atomic E-state index is 0.349. The molecule has 1 rings (SSSR count). The van der Waals surface area contributed by atoms with Gasteiger partial charge in [0, 0.05) is 5.38 Å². The minimum Gasteiger partial charge on any atom is -0.375 e. The van der Waals surface area contributed by atoms with Crippen molar-refractivity contribution in [3.05, 3.63) is 0 Å². The first-order valence-electron chi connectivity index (χ1n) is 5.55. The van der Waals surface area contributed by atoms with Crippen molar-refractivity contribution in [2.24, 2.45) is 0 Å². The lowest BCUT2D eigenvalue weighted by atomic mass is 9.98. The summed E-state index contributed by atoms with van der Waals surface area (Å²) in [6.45, 7) is 4.41. The van der Waals surface area contributed by atoms with Crippen molar-refractivity contribution >= 4 is 11.6 Å². The van der Waals surface area contributed by atoms with Crippen molar-refractivity contribution in [2.45, 2.75) is 70.0 Å². The molecule has 1 saturated heterocycles. The number of hydrogen-bond donors (Lipinski definition) is 0. The van der Waals surface area contributed by atoms with Gasteiger partial charge in [0.2, 0.25) is 0 Å². The van der Waals surface area contributed by atoms with Gasteiger partial charge in [-0.2, -0.15) is 0 Å². The van der Waals surface area contributed by atoms with Crippen molar-refractivity contribution in [1.29, 1.82) is 0 Å². The van der Waals surface area contributed by atoms with Crippen LogP contribution in [0.2, 0.25) is 0 Å². The Bertz CT molecular complexity index is 124. The molecule has 0 bridgehead atoms. The summed E-state index contributed by atoms with van der Waals surface area (Å²) in [4.78, 5) is 0. The van der Waals surface area contributed by atoms with Crippen LogP contribution < -0.4 is 0 Å². The normalized spacial score (nSPS) is 34.8. The second-order valence-corrected chi connectivity index (χ2v) is 4.64. The Kier molecular flexibility index (Phi) is 5.12. The molecule has 1 aliphatic rings. The zero-order valence-electron chi connectivity index (χ0n) is 8.76. The van der Waals surface area contributed by atoms with Crippen LogP contribution in [0, 0.1) is 0 Å². The summed E-state index contributed by atoms with van der Waals surface area (Å²) in [5.41, 5.74) is 0. The van der Waals surface area contributed by atoms with E-state index in [2.05, 4.69) is 13.8 Å². The molecule has 13 heavy (non-hydrogen) atoms. The topological polar surface area (TPSA) is 9.23 Å². The predicted molar refractivity (Wildman–Crippen MR) is 57.4 cm³/mol. The molecule has 0 aromatic rings. The van der Waals surface area contributed by atoms with Crippen LogP contribution in [0.4, 0.5) is 0 Å². The maximum atomic E-state index is 6.20. The lowest BCUT2D eigenvalue weighted by molar-refractivity contribution is -0.0547. The highest BCUT2D eigenvalue weighted by Crippen LogP contribution is 2.28. The lowest BCUT2D eigenvalue weighted by Gasteiger charge is -2.32. The van der Waals surface area contributed by atoms with E-state index in [1.54, 1.807) is 0 Å². The fourth-order valence-electron chi connectivity index (χ4n) is 2.07. The van der Waals surface area contributed by atoms with Gasteiger partial charge in [0.25, 0.3) is 0 Å². The zero-order chi connectivity index (χ0) is 9.68. The maximum Gasteiger partial charge on any atom is 0.0592 e. The molecule has 0 aromatic carbocycles. The fourth-order valence-corrected chi connectivity index (χ4v) is 2.46. The van der Waals surface area contributed by atoms with Crippen LogP contribution in [-0.4, -0.2) is 17.6 Å². The molecule has 1 unspecified atom stereocenters. The molecule has 0 spiro atoms. The van der Waals surface area contributed by atoms with Crippen LogP contribution >= 0.6 is 11.6 Å². The summed E-state index contributed by atoms with van der Waals surface area (Å²) in [6.07, 6.45) is 7.70. The largest absolute Gasteiger partial charge is 0.375 e. The van der Waals surface area contributed by atoms with Crippen molar-refractivity contribution < 1.29 is 4.74 Å². The number of ether oxygens (including phenoxy) is 1. The number of halogens is 1. The van der Waals surface area contributed by atoms with Gasteiger partial charge >= 0.3 is 0 Å². The zero-order valence-corrected chi connectivity index (χ0v) is 9.52. The average Bonchev–Trinajstić information content (AvgIpc) is 2.04. The molecule has 0 N–H and O–H groups in total. The van der Waals surface area contributed by atoms with Crippen LogP contribution in [0.3, 0.4) is 0 Å². The fraction of sp³-hybridized carbons (Fsp3) is 1.00. The van der Waals surface area contributed by atoms with E-state index in [9.17, 15) is 0 Å². The van der Waals surface area contributed by atoms with E-state index in [1.165, 1.54) is 25.7 Å². The van der Waals surface area contributed by atoms with Gasteiger partial charge in [-0.1, -0.05) is 26.7 Å². The van der Waals surface area contributed by atoms with Crippen molar-refractivity contribution in [3.63, 3.8) is 0 Å². The van der Waals surface area contributed by atoms with Crippen LogP contribution in [-0.2, 0) is 4.74 Å². The van der Waals surface area contributed by atoms with Crippen molar-refractivity contribution in [1.82, 2.24) is 0 Å². The first-order valence-corrected chi connectivity index (χ1v) is 5.99. The van der Waals surface area contributed by atoms with Gasteiger partial charge in [-0.3, -0.25) is 0 Å². The molecule has 1 nitrogen and oxygen atoms in total. The second kappa shape index (κ2) is 5.87. The first kappa shape index (κ1) is 11.3. The molecule has 2 heteroatoms. The van der Waals surface area contributed by atoms with Gasteiger partial charge in [-0.15, -0.1) is 11.6 Å². The smallest absolute Gasteiger partial charge is 0.0592 e. The Morgan fingerprint density at radius 3 is 1.92 bits per heavy atom. The molecule has 1 fully saturated rings. The van der Waals surface area contributed by atoms with Gasteiger partial charge in [-0.05, 0) is 25.7 Å². The Balaban J connectivity index is 2.33. The van der Waals surface area contributed by atoms with E-state index in [1.807, 2.05) is 0 Å². The molecular formula is C11H21ClO. The summed E-state index contributed by atoms with van der Waals surface area (Å²) in [5, 5.41) is 0.349. The SMILES string of the molecule is CCC[C@@H]1CC(Cl)C[C@H](CCC)O1. The molecule has 0 aromatic heterocycles. The highest BCUT2D eigenvalue weighted by atomic mass is 35.5. The van der Waals surface area contributed by atoms with Gasteiger partial charge in [-0.25, -0.2) is 0 Å². The van der Waals surface area contributed by atoms with Gasteiger partial charge in [0.15, 0.2) is 0 Å². The second-order valence-electron chi connectivity index (χ2n) is 4.03. The van der Waals surface area contributed by atoms with Gasteiger partial charge in [0.05, 0.1) is 12.2 Å². The number of hydrogen-bond acceptors (Lipinski definition) is 1. The monoisotopic (exact) mass is 204 g/mol. The molecular weight excluding hydrogens is 184 g/mol. The molecule has 1 heterocycles. The summed E-state index contributed by atoms with van der Waals surface area (Å²) >= 11 is 6.20. The van der Waals surface area contributed by atoms with Gasteiger partial charge in [0.1, 0.15) is 0 Å². The van der Waals surface area contributed by atoms with E-state index < -0.39 is 0 Å². The molecule has 3 atom stereocenters. The highest BCUT2D eigenvalue weighted by Gasteiger charge is 2.26. The minimum atomic E-state index is 0.349. The van der Waals surface area contributed by atoms with E-state index >= 15 is 0 Å². The third-order valence-electron chi connectivity index (χ3n) is 2.64. The Labute approximate surface area is 86.8 Å². The molecule has 1 aliphatic heterocycles. The summed E-state index contributed by atoms with van der Waals surface area (Å²) in [6, 6.07) is 0. The van der Waals surface area contributed by atoms with Crippen molar-refractivity contribution in [2.75, 3.05) is 0 Å². The lowest BCUT2D eigenvalue weighted by Crippen LogP contribution is -2.33. The van der Waals surface area contributed by atoms with Crippen LogP contribution in [0.1, 0.15) is 52.4 Å². The highest BCUT2D eigenvalue weighted by molar-refractivity contribution is 6.20. The molecule has 78 valence electrons. The summed E-state index contributed by atoms with van der Waals surface area (Å²) in [5.74, 6) is 0. The standard InChI is InChI=1S/C11H21ClO/c1-3-5-10-7-9(12)8-11(13-10)6-4-2/h9-11H,3-8H2,1-2H3/t9?,10-,11+. The Hall–Kier alpha value is 0.250. The summed E-state index contributed by atoms with van der Waals surface area (Å²) < 4.78 is 5.95. The van der Waals surface area contributed by atoms with Gasteiger partial charge < -0.3 is 4.74 Å². The molecule has 0 radical (unpaired) electrons. The van der Waals surface area contributed by atoms with Crippen molar-refractivity contribution in [3.8, 4) is 0 Å². The third-order valence-corrected chi connectivity index (χ3v) is 3.00. The number of rotatable bonds is 4. The molecule has 0 saturated carbocycles. The van der Waals surface area contributed by atoms with Crippen LogP contribution in [0.15, 0.2) is 0 Å². The summed E-state index contributed by atoms with van der Waals surface area (Å²) in [7, 11) is 0. The first-order chi connectivity index (χ1) is 6.26. The van der Waals surface area contributed by atoms with E-state index in [-0.39, 0.29) is 0 Å².